The molecule has 80 valence electrons. The van der Waals surface area contributed by atoms with Gasteiger partial charge in [-0.15, -0.1) is 0 Å². The van der Waals surface area contributed by atoms with E-state index in [1.54, 1.807) is 31.4 Å². The van der Waals surface area contributed by atoms with Crippen molar-refractivity contribution in [2.75, 3.05) is 6.61 Å². The molecule has 0 aliphatic carbocycles. The lowest BCUT2D eigenvalue weighted by molar-refractivity contribution is -0.128. The zero-order chi connectivity index (χ0) is 11.1. The zero-order valence-electron chi connectivity index (χ0n) is 8.34. The molecular formula is C11H12O4. The van der Waals surface area contributed by atoms with Crippen molar-refractivity contribution in [1.29, 1.82) is 0 Å². The van der Waals surface area contributed by atoms with Crippen LogP contribution >= 0.6 is 0 Å². The lowest BCUT2D eigenvalue weighted by Crippen LogP contribution is -1.80. The molecule has 0 atom stereocenters. The third kappa shape index (κ3) is 3.34. The summed E-state index contributed by atoms with van der Waals surface area (Å²) in [4.78, 5) is 9.18. The Balaban J connectivity index is 0.000000195. The van der Waals surface area contributed by atoms with Crippen molar-refractivity contribution in [2.24, 2.45) is 0 Å². The first-order chi connectivity index (χ1) is 7.27. The quantitative estimate of drug-likeness (QED) is 0.769. The molecule has 2 rings (SSSR count). The third-order valence-electron chi connectivity index (χ3n) is 1.67. The molecule has 4 nitrogen and oxygen atoms in total. The van der Waals surface area contributed by atoms with Crippen LogP contribution in [0.1, 0.15) is 6.92 Å². The highest BCUT2D eigenvalue weighted by atomic mass is 16.5. The minimum absolute atomic E-state index is 0.272. The van der Waals surface area contributed by atoms with Gasteiger partial charge >= 0.3 is 0 Å². The minimum Gasteiger partial charge on any atom is -0.508 e. The van der Waals surface area contributed by atoms with Crippen LogP contribution in [0.15, 0.2) is 34.9 Å². The number of benzene rings is 1. The van der Waals surface area contributed by atoms with Gasteiger partial charge in [0, 0.05) is 5.39 Å². The van der Waals surface area contributed by atoms with Crippen LogP contribution in [-0.2, 0) is 9.53 Å². The van der Waals surface area contributed by atoms with Crippen molar-refractivity contribution < 1.29 is 19.1 Å². The molecule has 0 fully saturated rings. The molecule has 0 spiro atoms. The third-order valence-corrected chi connectivity index (χ3v) is 1.67. The van der Waals surface area contributed by atoms with E-state index >= 15 is 0 Å². The van der Waals surface area contributed by atoms with Crippen LogP contribution in [-0.4, -0.2) is 18.2 Å². The van der Waals surface area contributed by atoms with E-state index in [1.165, 1.54) is 0 Å². The molecule has 15 heavy (non-hydrogen) atoms. The number of phenolic OH excluding ortho intramolecular Hbond substituents is 1. The number of ether oxygens (including phenoxy) is 1. The van der Waals surface area contributed by atoms with Crippen LogP contribution in [0.5, 0.6) is 5.75 Å². The van der Waals surface area contributed by atoms with E-state index in [-0.39, 0.29) is 5.75 Å². The van der Waals surface area contributed by atoms with Crippen molar-refractivity contribution in [2.45, 2.75) is 6.92 Å². The Hall–Kier alpha value is -1.97. The average Bonchev–Trinajstić information content (AvgIpc) is 2.67. The number of rotatable bonds is 2. The summed E-state index contributed by atoms with van der Waals surface area (Å²) in [7, 11) is 0. The maximum atomic E-state index is 9.18. The molecule has 0 radical (unpaired) electrons. The second-order valence-electron chi connectivity index (χ2n) is 2.69. The number of carbonyl (C=O) groups is 1. The molecule has 1 heterocycles. The number of hydrogen-bond donors (Lipinski definition) is 1. The maximum Gasteiger partial charge on any atom is 0.293 e. The second-order valence-corrected chi connectivity index (χ2v) is 2.69. The normalized spacial score (nSPS) is 9.13. The predicted molar refractivity (Wildman–Crippen MR) is 55.6 cm³/mol. The molecule has 0 saturated carbocycles. The van der Waals surface area contributed by atoms with Gasteiger partial charge in [-0.2, -0.15) is 0 Å². The molecular weight excluding hydrogens is 196 g/mol. The number of fused-ring (bicyclic) bond motifs is 1. The molecule has 4 heteroatoms. The highest BCUT2D eigenvalue weighted by Crippen LogP contribution is 2.19. The van der Waals surface area contributed by atoms with Gasteiger partial charge in [0.1, 0.15) is 11.3 Å². The number of carbonyl (C=O) groups excluding carboxylic acids is 1. The van der Waals surface area contributed by atoms with Gasteiger partial charge in [-0.05, 0) is 31.2 Å². The van der Waals surface area contributed by atoms with Crippen molar-refractivity contribution in [1.82, 2.24) is 0 Å². The van der Waals surface area contributed by atoms with Crippen LogP contribution in [0.4, 0.5) is 0 Å². The summed E-state index contributed by atoms with van der Waals surface area (Å²) >= 11 is 0. The lowest BCUT2D eigenvalue weighted by atomic mass is 10.2. The van der Waals surface area contributed by atoms with E-state index in [0.717, 1.165) is 11.0 Å². The summed E-state index contributed by atoms with van der Waals surface area (Å²) in [6, 6.07) is 6.82. The molecule has 2 aromatic rings. The van der Waals surface area contributed by atoms with Crippen molar-refractivity contribution in [3.63, 3.8) is 0 Å². The molecule has 1 N–H and O–H groups in total. The first kappa shape index (κ1) is 11.1. The Bertz CT molecular complexity index is 419. The Kier molecular flexibility index (Phi) is 4.22. The van der Waals surface area contributed by atoms with E-state index in [9.17, 15) is 4.79 Å². The summed E-state index contributed by atoms with van der Waals surface area (Å²) in [5.74, 6) is 0.272. The fourth-order valence-electron chi connectivity index (χ4n) is 1.02. The van der Waals surface area contributed by atoms with Gasteiger partial charge in [-0.1, -0.05) is 0 Å². The SMILES string of the molecule is CCOC=O.Oc1ccc2occc2c1. The Morgan fingerprint density at radius 3 is 2.87 bits per heavy atom. The van der Waals surface area contributed by atoms with Crippen molar-refractivity contribution >= 4 is 17.4 Å². The van der Waals surface area contributed by atoms with Gasteiger partial charge in [0.2, 0.25) is 0 Å². The zero-order valence-corrected chi connectivity index (χ0v) is 8.34. The minimum atomic E-state index is 0.272. The van der Waals surface area contributed by atoms with Crippen LogP contribution in [0.2, 0.25) is 0 Å². The number of phenols is 1. The number of aromatic hydroxyl groups is 1. The molecule has 0 aliphatic rings. The molecule has 0 aliphatic heterocycles. The van der Waals surface area contributed by atoms with Gasteiger partial charge in [0.15, 0.2) is 0 Å². The fraction of sp³-hybridized carbons (Fsp3) is 0.182. The largest absolute Gasteiger partial charge is 0.508 e. The van der Waals surface area contributed by atoms with E-state index in [4.69, 9.17) is 9.52 Å². The number of furan rings is 1. The van der Waals surface area contributed by atoms with E-state index in [2.05, 4.69) is 4.74 Å². The first-order valence-electron chi connectivity index (χ1n) is 4.49. The summed E-state index contributed by atoms with van der Waals surface area (Å²) < 4.78 is 9.21. The van der Waals surface area contributed by atoms with Gasteiger partial charge < -0.3 is 14.3 Å². The lowest BCUT2D eigenvalue weighted by Gasteiger charge is -1.88. The van der Waals surface area contributed by atoms with Gasteiger partial charge in [0.05, 0.1) is 12.9 Å². The molecule has 0 unspecified atom stereocenters. The van der Waals surface area contributed by atoms with Gasteiger partial charge in [-0.3, -0.25) is 4.79 Å². The molecule has 0 saturated heterocycles. The number of hydrogen-bond acceptors (Lipinski definition) is 4. The van der Waals surface area contributed by atoms with E-state index in [0.29, 0.717) is 13.1 Å². The fourth-order valence-corrected chi connectivity index (χ4v) is 1.02. The smallest absolute Gasteiger partial charge is 0.293 e. The Morgan fingerprint density at radius 1 is 1.47 bits per heavy atom. The van der Waals surface area contributed by atoms with Crippen LogP contribution < -0.4 is 0 Å². The predicted octanol–water partition coefficient (Wildman–Crippen LogP) is 2.32. The van der Waals surface area contributed by atoms with Crippen LogP contribution in [0.25, 0.3) is 11.0 Å². The molecule has 0 amide bonds. The average molecular weight is 208 g/mol. The van der Waals surface area contributed by atoms with Gasteiger partial charge in [0.25, 0.3) is 6.47 Å². The van der Waals surface area contributed by atoms with E-state index < -0.39 is 0 Å². The summed E-state index contributed by atoms with van der Waals surface area (Å²) in [6.07, 6.45) is 1.60. The maximum absolute atomic E-state index is 9.18. The molecule has 1 aromatic carbocycles. The molecule has 0 bridgehead atoms. The summed E-state index contributed by atoms with van der Waals surface area (Å²) in [6.45, 7) is 2.66. The molecule has 1 aromatic heterocycles. The standard InChI is InChI=1S/C8H6O2.C3H6O2/c9-7-1-2-8-6(5-7)3-4-10-8;1-2-5-3-4/h1-5,9H;3H,2H2,1H3. The monoisotopic (exact) mass is 208 g/mol. The van der Waals surface area contributed by atoms with Crippen molar-refractivity contribution in [3.05, 3.63) is 30.5 Å². The Labute approximate surface area is 87.1 Å². The summed E-state index contributed by atoms with van der Waals surface area (Å²) in [5.41, 5.74) is 0.804. The van der Waals surface area contributed by atoms with Crippen molar-refractivity contribution in [3.8, 4) is 5.75 Å². The highest BCUT2D eigenvalue weighted by Gasteiger charge is 1.94. The van der Waals surface area contributed by atoms with E-state index in [1.807, 2.05) is 6.07 Å². The second kappa shape index (κ2) is 5.70. The Morgan fingerprint density at radius 2 is 2.27 bits per heavy atom. The van der Waals surface area contributed by atoms with Crippen LogP contribution in [0.3, 0.4) is 0 Å². The van der Waals surface area contributed by atoms with Gasteiger partial charge in [-0.25, -0.2) is 0 Å². The highest BCUT2D eigenvalue weighted by molar-refractivity contribution is 5.78. The topological polar surface area (TPSA) is 59.7 Å². The van der Waals surface area contributed by atoms with Crippen LogP contribution in [0, 0.1) is 0 Å². The first-order valence-corrected chi connectivity index (χ1v) is 4.49. The summed E-state index contributed by atoms with van der Waals surface area (Å²) in [5, 5.41) is 9.94.